The maximum Gasteiger partial charge on any atom is 0.259 e. The number of ether oxygens (including phenoxy) is 1. The molecule has 128 valence electrons. The van der Waals surface area contributed by atoms with Crippen molar-refractivity contribution < 1.29 is 14.1 Å². The smallest absolute Gasteiger partial charge is 0.259 e. The van der Waals surface area contributed by atoms with E-state index in [1.165, 1.54) is 0 Å². The Hall–Kier alpha value is -2.21. The van der Waals surface area contributed by atoms with Gasteiger partial charge < -0.3 is 14.2 Å². The van der Waals surface area contributed by atoms with Crippen LogP contribution in [0, 0.1) is 13.8 Å². The predicted molar refractivity (Wildman–Crippen MR) is 88.9 cm³/mol. The molecule has 0 radical (unpaired) electrons. The Balaban J connectivity index is 1.82. The number of carbonyl (C=O) groups is 1. The summed E-state index contributed by atoms with van der Waals surface area (Å²) < 4.78 is 11.1. The summed E-state index contributed by atoms with van der Waals surface area (Å²) in [4.78, 5) is 19.1. The van der Waals surface area contributed by atoms with Gasteiger partial charge in [-0.05, 0) is 37.5 Å². The average Bonchev–Trinajstić information content (AvgIpc) is 2.96. The molecule has 2 aromatic heterocycles. The molecule has 0 aromatic carbocycles. The van der Waals surface area contributed by atoms with E-state index in [0.717, 1.165) is 17.0 Å². The van der Waals surface area contributed by atoms with Gasteiger partial charge in [0.25, 0.3) is 5.91 Å². The first kappa shape index (κ1) is 16.6. The van der Waals surface area contributed by atoms with Gasteiger partial charge in [0.05, 0.1) is 18.8 Å². The summed E-state index contributed by atoms with van der Waals surface area (Å²) in [6.45, 7) is 9.36. The minimum atomic E-state index is -0.132. The Morgan fingerprint density at radius 2 is 2.17 bits per heavy atom. The van der Waals surface area contributed by atoms with Gasteiger partial charge in [-0.1, -0.05) is 19.0 Å². The summed E-state index contributed by atoms with van der Waals surface area (Å²) in [6.07, 6.45) is 1.64. The molecule has 1 atom stereocenters. The van der Waals surface area contributed by atoms with Crippen LogP contribution in [0.2, 0.25) is 0 Å². The Bertz CT molecular complexity index is 739. The van der Waals surface area contributed by atoms with Crippen molar-refractivity contribution in [2.24, 2.45) is 0 Å². The monoisotopic (exact) mass is 329 g/mol. The van der Waals surface area contributed by atoms with Gasteiger partial charge in [0.15, 0.2) is 0 Å². The van der Waals surface area contributed by atoms with E-state index >= 15 is 0 Å². The van der Waals surface area contributed by atoms with E-state index in [4.69, 9.17) is 9.26 Å². The van der Waals surface area contributed by atoms with E-state index < -0.39 is 0 Å². The zero-order valence-electron chi connectivity index (χ0n) is 14.6. The predicted octanol–water partition coefficient (Wildman–Crippen LogP) is 3.02. The summed E-state index contributed by atoms with van der Waals surface area (Å²) in [5.41, 5.74) is 3.31. The number of hydrogen-bond donors (Lipinski definition) is 0. The van der Waals surface area contributed by atoms with Crippen molar-refractivity contribution in [1.29, 1.82) is 0 Å². The second kappa shape index (κ2) is 6.73. The molecule has 1 fully saturated rings. The molecule has 6 heteroatoms. The lowest BCUT2D eigenvalue weighted by Gasteiger charge is -2.33. The van der Waals surface area contributed by atoms with Crippen molar-refractivity contribution in [3.05, 3.63) is 46.6 Å². The molecule has 0 bridgehead atoms. The van der Waals surface area contributed by atoms with Gasteiger partial charge >= 0.3 is 0 Å². The number of aromatic nitrogens is 2. The molecular weight excluding hydrogens is 306 g/mol. The van der Waals surface area contributed by atoms with Crippen LogP contribution in [-0.2, 0) is 4.74 Å². The lowest BCUT2D eigenvalue weighted by atomic mass is 10.0. The first-order chi connectivity index (χ1) is 11.5. The fraction of sp³-hybridized carbons (Fsp3) is 0.500. The maximum atomic E-state index is 13.0. The van der Waals surface area contributed by atoms with Crippen LogP contribution in [0.15, 0.2) is 22.9 Å². The normalized spacial score (nSPS) is 18.2. The van der Waals surface area contributed by atoms with Gasteiger partial charge in [-0.15, -0.1) is 0 Å². The van der Waals surface area contributed by atoms with Gasteiger partial charge in [0.2, 0.25) is 0 Å². The standard InChI is InChI=1S/C18H23N3O3/c1-11(2)17-16(13(4)24-20-17)18(22)21-7-8-23-15(10-21)14-5-6-19-12(3)9-14/h5-6,9,11,15H,7-8,10H2,1-4H3/t15-/m0/s1. The molecule has 0 saturated carbocycles. The summed E-state index contributed by atoms with van der Waals surface area (Å²) in [5, 5.41) is 4.06. The first-order valence-corrected chi connectivity index (χ1v) is 8.27. The van der Waals surface area contributed by atoms with Gasteiger partial charge in [-0.2, -0.15) is 0 Å². The molecule has 0 unspecified atom stereocenters. The molecule has 2 aromatic rings. The summed E-state index contributed by atoms with van der Waals surface area (Å²) in [5.74, 6) is 0.684. The average molecular weight is 329 g/mol. The molecule has 1 amide bonds. The highest BCUT2D eigenvalue weighted by Crippen LogP contribution is 2.27. The fourth-order valence-corrected chi connectivity index (χ4v) is 3.00. The zero-order valence-corrected chi connectivity index (χ0v) is 14.6. The van der Waals surface area contributed by atoms with Crippen LogP contribution >= 0.6 is 0 Å². The van der Waals surface area contributed by atoms with Crippen molar-refractivity contribution in [2.75, 3.05) is 19.7 Å². The largest absolute Gasteiger partial charge is 0.370 e. The molecular formula is C18H23N3O3. The molecule has 3 rings (SSSR count). The fourth-order valence-electron chi connectivity index (χ4n) is 3.00. The van der Waals surface area contributed by atoms with Crippen molar-refractivity contribution in [3.63, 3.8) is 0 Å². The minimum Gasteiger partial charge on any atom is -0.370 e. The Labute approximate surface area is 141 Å². The Morgan fingerprint density at radius 3 is 2.88 bits per heavy atom. The first-order valence-electron chi connectivity index (χ1n) is 8.27. The third-order valence-corrected chi connectivity index (χ3v) is 4.30. The minimum absolute atomic E-state index is 0.0310. The second-order valence-corrected chi connectivity index (χ2v) is 6.49. The number of aryl methyl sites for hydroxylation is 2. The Morgan fingerprint density at radius 1 is 1.38 bits per heavy atom. The molecule has 1 saturated heterocycles. The van der Waals surface area contributed by atoms with E-state index in [9.17, 15) is 4.79 Å². The molecule has 1 aliphatic heterocycles. The molecule has 24 heavy (non-hydrogen) atoms. The van der Waals surface area contributed by atoms with Crippen LogP contribution in [0.5, 0.6) is 0 Å². The highest BCUT2D eigenvalue weighted by Gasteiger charge is 2.31. The van der Waals surface area contributed by atoms with Crippen molar-refractivity contribution in [1.82, 2.24) is 15.0 Å². The molecule has 0 spiro atoms. The topological polar surface area (TPSA) is 68.5 Å². The van der Waals surface area contributed by atoms with Crippen molar-refractivity contribution >= 4 is 5.91 Å². The lowest BCUT2D eigenvalue weighted by molar-refractivity contribution is -0.0229. The van der Waals surface area contributed by atoms with E-state index in [-0.39, 0.29) is 17.9 Å². The van der Waals surface area contributed by atoms with Crippen LogP contribution in [0.25, 0.3) is 0 Å². The van der Waals surface area contributed by atoms with Crippen molar-refractivity contribution in [3.8, 4) is 0 Å². The summed E-state index contributed by atoms with van der Waals surface area (Å²) in [6, 6.07) is 3.94. The number of pyridine rings is 1. The maximum absolute atomic E-state index is 13.0. The third-order valence-electron chi connectivity index (χ3n) is 4.30. The van der Waals surface area contributed by atoms with Crippen LogP contribution in [0.1, 0.15) is 58.9 Å². The number of morpholine rings is 1. The van der Waals surface area contributed by atoms with E-state index in [0.29, 0.717) is 31.0 Å². The summed E-state index contributed by atoms with van der Waals surface area (Å²) in [7, 11) is 0. The van der Waals surface area contributed by atoms with Crippen molar-refractivity contribution in [2.45, 2.75) is 39.7 Å². The van der Waals surface area contributed by atoms with E-state index in [1.54, 1.807) is 13.1 Å². The Kier molecular flexibility index (Phi) is 4.66. The number of hydrogen-bond acceptors (Lipinski definition) is 5. The SMILES string of the molecule is Cc1cc([C@@H]2CN(C(=O)c3c(C(C)C)noc3C)CCO2)ccn1. The van der Waals surface area contributed by atoms with E-state index in [2.05, 4.69) is 10.1 Å². The lowest BCUT2D eigenvalue weighted by Crippen LogP contribution is -2.42. The number of amides is 1. The zero-order chi connectivity index (χ0) is 17.3. The molecule has 0 N–H and O–H groups in total. The van der Waals surface area contributed by atoms with Gasteiger partial charge in [0, 0.05) is 18.4 Å². The van der Waals surface area contributed by atoms with Crippen LogP contribution in [-0.4, -0.2) is 40.6 Å². The number of nitrogens with zero attached hydrogens (tertiary/aromatic N) is 3. The van der Waals surface area contributed by atoms with Crippen LogP contribution in [0.4, 0.5) is 0 Å². The summed E-state index contributed by atoms with van der Waals surface area (Å²) >= 11 is 0. The highest BCUT2D eigenvalue weighted by atomic mass is 16.5. The van der Waals surface area contributed by atoms with Gasteiger partial charge in [0.1, 0.15) is 17.4 Å². The second-order valence-electron chi connectivity index (χ2n) is 6.49. The van der Waals surface area contributed by atoms with Crippen LogP contribution in [0.3, 0.4) is 0 Å². The third kappa shape index (κ3) is 3.19. The molecule has 6 nitrogen and oxygen atoms in total. The quantitative estimate of drug-likeness (QED) is 0.866. The number of rotatable bonds is 3. The van der Waals surface area contributed by atoms with Gasteiger partial charge in [-0.25, -0.2) is 0 Å². The number of carbonyl (C=O) groups excluding carboxylic acids is 1. The van der Waals surface area contributed by atoms with Crippen LogP contribution < -0.4 is 0 Å². The van der Waals surface area contributed by atoms with E-state index in [1.807, 2.05) is 37.8 Å². The van der Waals surface area contributed by atoms with Gasteiger partial charge in [-0.3, -0.25) is 9.78 Å². The molecule has 1 aliphatic rings. The highest BCUT2D eigenvalue weighted by molar-refractivity contribution is 5.96. The molecule has 0 aliphatic carbocycles. The molecule has 3 heterocycles.